The molecular formula is C15H14ClN3O5. The molecule has 0 bridgehead atoms. The number of nitrogens with one attached hydrogen (secondary N) is 1. The lowest BCUT2D eigenvalue weighted by Gasteiger charge is -2.18. The number of carbonyl (C=O) groups excluding carboxylic acids is 2. The molecule has 0 aromatic carbocycles. The van der Waals surface area contributed by atoms with Gasteiger partial charge in [-0.3, -0.25) is 9.59 Å². The molecule has 2 aromatic rings. The smallest absolute Gasteiger partial charge is 0.343 e. The van der Waals surface area contributed by atoms with Crippen LogP contribution in [0.15, 0.2) is 29.3 Å². The summed E-state index contributed by atoms with van der Waals surface area (Å²) in [5.74, 6) is -3.14. The van der Waals surface area contributed by atoms with Crippen LogP contribution in [-0.2, 0) is 9.53 Å². The molecule has 1 amide bonds. The van der Waals surface area contributed by atoms with Crippen LogP contribution in [0.4, 0.5) is 0 Å². The van der Waals surface area contributed by atoms with Gasteiger partial charge in [0, 0.05) is 24.7 Å². The number of amides is 1. The van der Waals surface area contributed by atoms with Crippen molar-refractivity contribution in [1.82, 2.24) is 9.97 Å². The molecule has 0 unspecified atom stereocenters. The van der Waals surface area contributed by atoms with Crippen molar-refractivity contribution >= 4 is 23.5 Å². The number of aromatic amines is 1. The van der Waals surface area contributed by atoms with E-state index in [-0.39, 0.29) is 22.7 Å². The van der Waals surface area contributed by atoms with E-state index in [1.807, 2.05) is 0 Å². The fourth-order valence-corrected chi connectivity index (χ4v) is 2.60. The molecule has 126 valence electrons. The summed E-state index contributed by atoms with van der Waals surface area (Å²) in [5.41, 5.74) is 4.42. The maximum atomic E-state index is 12.2. The third kappa shape index (κ3) is 3.38. The third-order valence-corrected chi connectivity index (χ3v) is 3.74. The molecule has 0 saturated heterocycles. The minimum atomic E-state index is -0.975. The second kappa shape index (κ2) is 7.14. The normalized spacial score (nSPS) is 11.8. The number of aromatic hydroxyl groups is 1. The van der Waals surface area contributed by atoms with E-state index in [2.05, 4.69) is 14.7 Å². The number of rotatable bonds is 5. The maximum Gasteiger partial charge on any atom is 0.343 e. The Morgan fingerprint density at radius 3 is 2.79 bits per heavy atom. The summed E-state index contributed by atoms with van der Waals surface area (Å²) in [5, 5.41) is 10.4. The monoisotopic (exact) mass is 351 g/mol. The SMILES string of the molecule is COC(=O)c1c[nH]c(=O)c([C@H](CC(N)=O)c2cccnc2Cl)c1O. The number of pyridine rings is 2. The van der Waals surface area contributed by atoms with Crippen molar-refractivity contribution in [2.45, 2.75) is 12.3 Å². The minimum Gasteiger partial charge on any atom is -0.506 e. The fraction of sp³-hybridized carbons (Fsp3) is 0.200. The van der Waals surface area contributed by atoms with Crippen molar-refractivity contribution in [3.8, 4) is 5.75 Å². The topological polar surface area (TPSA) is 135 Å². The summed E-state index contributed by atoms with van der Waals surface area (Å²) in [6.45, 7) is 0. The van der Waals surface area contributed by atoms with Crippen molar-refractivity contribution in [3.05, 3.63) is 56.7 Å². The van der Waals surface area contributed by atoms with Crippen molar-refractivity contribution in [2.24, 2.45) is 5.73 Å². The first-order valence-corrected chi connectivity index (χ1v) is 7.16. The first kappa shape index (κ1) is 17.5. The number of aromatic nitrogens is 2. The molecule has 0 aliphatic carbocycles. The molecule has 2 rings (SSSR count). The number of esters is 1. The lowest BCUT2D eigenvalue weighted by molar-refractivity contribution is -0.118. The van der Waals surface area contributed by atoms with Gasteiger partial charge in [-0.1, -0.05) is 17.7 Å². The zero-order valence-electron chi connectivity index (χ0n) is 12.6. The number of hydrogen-bond acceptors (Lipinski definition) is 6. The van der Waals surface area contributed by atoms with Gasteiger partial charge < -0.3 is 20.6 Å². The van der Waals surface area contributed by atoms with Crippen LogP contribution < -0.4 is 11.3 Å². The number of halogens is 1. The Morgan fingerprint density at radius 1 is 1.50 bits per heavy atom. The Bertz CT molecular complexity index is 849. The van der Waals surface area contributed by atoms with Crippen LogP contribution >= 0.6 is 11.6 Å². The second-order valence-corrected chi connectivity index (χ2v) is 5.25. The molecule has 1 atom stereocenters. The quantitative estimate of drug-likeness (QED) is 0.541. The van der Waals surface area contributed by atoms with Crippen LogP contribution in [-0.4, -0.2) is 34.1 Å². The minimum absolute atomic E-state index is 0.0472. The van der Waals surface area contributed by atoms with E-state index in [1.54, 1.807) is 12.1 Å². The van der Waals surface area contributed by atoms with Crippen LogP contribution in [0.5, 0.6) is 5.75 Å². The predicted octanol–water partition coefficient (Wildman–Crippen LogP) is 0.923. The zero-order valence-corrected chi connectivity index (χ0v) is 13.3. The Balaban J connectivity index is 2.71. The van der Waals surface area contributed by atoms with Crippen LogP contribution in [0, 0.1) is 0 Å². The van der Waals surface area contributed by atoms with Gasteiger partial charge >= 0.3 is 5.97 Å². The van der Waals surface area contributed by atoms with E-state index >= 15 is 0 Å². The largest absolute Gasteiger partial charge is 0.506 e. The molecule has 24 heavy (non-hydrogen) atoms. The summed E-state index contributed by atoms with van der Waals surface area (Å²) in [6.07, 6.45) is 2.15. The van der Waals surface area contributed by atoms with Crippen LogP contribution in [0.1, 0.15) is 33.8 Å². The van der Waals surface area contributed by atoms with E-state index in [9.17, 15) is 19.5 Å². The van der Waals surface area contributed by atoms with Gasteiger partial charge in [0.05, 0.1) is 12.7 Å². The van der Waals surface area contributed by atoms with E-state index in [1.165, 1.54) is 6.20 Å². The van der Waals surface area contributed by atoms with Gasteiger partial charge in [-0.15, -0.1) is 0 Å². The average Bonchev–Trinajstić information content (AvgIpc) is 2.53. The number of nitrogens with two attached hydrogens (primary N) is 1. The lowest BCUT2D eigenvalue weighted by Crippen LogP contribution is -2.24. The molecule has 0 aliphatic heterocycles. The summed E-state index contributed by atoms with van der Waals surface area (Å²) < 4.78 is 4.55. The van der Waals surface area contributed by atoms with Crippen molar-refractivity contribution < 1.29 is 19.4 Å². The highest BCUT2D eigenvalue weighted by Gasteiger charge is 2.28. The number of nitrogens with zero attached hydrogens (tertiary/aromatic N) is 1. The molecule has 2 aromatic heterocycles. The highest BCUT2D eigenvalue weighted by atomic mass is 35.5. The Kier molecular flexibility index (Phi) is 5.20. The molecule has 0 radical (unpaired) electrons. The molecule has 0 spiro atoms. The van der Waals surface area contributed by atoms with Gasteiger partial charge in [0.15, 0.2) is 0 Å². The number of hydrogen-bond donors (Lipinski definition) is 3. The van der Waals surface area contributed by atoms with E-state index in [4.69, 9.17) is 17.3 Å². The van der Waals surface area contributed by atoms with Gasteiger partial charge in [-0.25, -0.2) is 9.78 Å². The number of H-pyrrole nitrogens is 1. The molecule has 0 aliphatic rings. The molecule has 9 heteroatoms. The molecule has 0 fully saturated rings. The van der Waals surface area contributed by atoms with Gasteiger partial charge in [0.1, 0.15) is 16.5 Å². The van der Waals surface area contributed by atoms with Crippen LogP contribution in [0.2, 0.25) is 5.15 Å². The summed E-state index contributed by atoms with van der Waals surface area (Å²) in [7, 11) is 1.13. The van der Waals surface area contributed by atoms with Crippen molar-refractivity contribution in [3.63, 3.8) is 0 Å². The highest BCUT2D eigenvalue weighted by molar-refractivity contribution is 6.30. The maximum absolute atomic E-state index is 12.2. The number of methoxy groups -OCH3 is 1. The summed E-state index contributed by atoms with van der Waals surface area (Å²) in [4.78, 5) is 41.6. The third-order valence-electron chi connectivity index (χ3n) is 3.42. The Morgan fingerprint density at radius 2 is 2.21 bits per heavy atom. The highest BCUT2D eigenvalue weighted by Crippen LogP contribution is 2.35. The molecule has 2 heterocycles. The van der Waals surface area contributed by atoms with Crippen molar-refractivity contribution in [2.75, 3.05) is 7.11 Å². The van der Waals surface area contributed by atoms with Gasteiger partial charge in [-0.05, 0) is 11.6 Å². The molecular weight excluding hydrogens is 338 g/mol. The predicted molar refractivity (Wildman–Crippen MR) is 85.0 cm³/mol. The second-order valence-electron chi connectivity index (χ2n) is 4.89. The van der Waals surface area contributed by atoms with E-state index < -0.39 is 29.1 Å². The molecule has 8 nitrogen and oxygen atoms in total. The van der Waals surface area contributed by atoms with Gasteiger partial charge in [-0.2, -0.15) is 0 Å². The van der Waals surface area contributed by atoms with Gasteiger partial charge in [0.25, 0.3) is 5.56 Å². The Labute approximate surface area is 141 Å². The zero-order chi connectivity index (χ0) is 17.9. The average molecular weight is 352 g/mol. The first-order valence-electron chi connectivity index (χ1n) is 6.78. The number of primary amides is 1. The number of carbonyl (C=O) groups is 2. The van der Waals surface area contributed by atoms with Gasteiger partial charge in [0.2, 0.25) is 5.91 Å². The Hall–Kier alpha value is -2.87. The molecule has 0 saturated carbocycles. The van der Waals surface area contributed by atoms with Crippen molar-refractivity contribution in [1.29, 1.82) is 0 Å². The fourth-order valence-electron chi connectivity index (χ4n) is 2.35. The molecule has 4 N–H and O–H groups in total. The summed E-state index contributed by atoms with van der Waals surface area (Å²) in [6, 6.07) is 3.11. The number of ether oxygens (including phenoxy) is 1. The van der Waals surface area contributed by atoms with Crippen LogP contribution in [0.25, 0.3) is 0 Å². The summed E-state index contributed by atoms with van der Waals surface area (Å²) >= 11 is 6.04. The van der Waals surface area contributed by atoms with E-state index in [0.29, 0.717) is 5.56 Å². The van der Waals surface area contributed by atoms with E-state index in [0.717, 1.165) is 13.3 Å². The standard InChI is InChI=1S/C15H14ClN3O5/c1-24-15(23)9-6-19-14(22)11(12(9)21)8(5-10(17)20)7-3-2-4-18-13(7)16/h2-4,6,8H,5H2,1H3,(H2,17,20)(H2,19,21,22)/t8-/m1/s1. The van der Waals surface area contributed by atoms with Crippen LogP contribution in [0.3, 0.4) is 0 Å². The first-order chi connectivity index (χ1) is 11.4. The lowest BCUT2D eigenvalue weighted by atomic mass is 9.88.